The molecule has 74 valence electrons. The Balaban J connectivity index is 3.31. The molecule has 1 aromatic rings. The Bertz CT molecular complexity index is 387. The highest BCUT2D eigenvalue weighted by Crippen LogP contribution is 2.14. The van der Waals surface area contributed by atoms with Crippen LogP contribution < -0.4 is 4.74 Å². The minimum absolute atomic E-state index is 0.0624. The standard InChI is InChI=1S/C8H7NO5/c1-14-6-2-4(7(10)11)5(3-9-6)8(12)13/h2-3H,1H3,(H,10,11)(H,12,13). The first-order valence-corrected chi connectivity index (χ1v) is 3.57. The fraction of sp³-hybridized carbons (Fsp3) is 0.125. The predicted molar refractivity (Wildman–Crippen MR) is 44.7 cm³/mol. The highest BCUT2D eigenvalue weighted by molar-refractivity contribution is 6.01. The van der Waals surface area contributed by atoms with Gasteiger partial charge in [0.05, 0.1) is 18.2 Å². The maximum absolute atomic E-state index is 10.6. The van der Waals surface area contributed by atoms with Crippen LogP contribution >= 0.6 is 0 Å². The van der Waals surface area contributed by atoms with Gasteiger partial charge >= 0.3 is 11.9 Å². The summed E-state index contributed by atoms with van der Waals surface area (Å²) in [5.41, 5.74) is -0.706. The van der Waals surface area contributed by atoms with Crippen LogP contribution in [-0.4, -0.2) is 34.2 Å². The first-order valence-electron chi connectivity index (χ1n) is 3.57. The summed E-state index contributed by atoms with van der Waals surface area (Å²) in [4.78, 5) is 24.8. The van der Waals surface area contributed by atoms with Crippen LogP contribution in [0, 0.1) is 0 Å². The lowest BCUT2D eigenvalue weighted by Gasteiger charge is -2.02. The fourth-order valence-electron chi connectivity index (χ4n) is 0.895. The van der Waals surface area contributed by atoms with Crippen LogP contribution in [0.5, 0.6) is 5.88 Å². The van der Waals surface area contributed by atoms with Gasteiger partial charge in [-0.1, -0.05) is 0 Å². The van der Waals surface area contributed by atoms with Crippen LogP contribution in [0.25, 0.3) is 0 Å². The van der Waals surface area contributed by atoms with Crippen LogP contribution in [0.4, 0.5) is 0 Å². The van der Waals surface area contributed by atoms with Gasteiger partial charge in [0.25, 0.3) is 0 Å². The summed E-state index contributed by atoms with van der Waals surface area (Å²) in [5.74, 6) is -2.60. The molecule has 0 spiro atoms. The minimum atomic E-state index is -1.34. The third kappa shape index (κ3) is 1.79. The average Bonchev–Trinajstić information content (AvgIpc) is 2.16. The second-order valence-electron chi connectivity index (χ2n) is 2.38. The predicted octanol–water partition coefficient (Wildman–Crippen LogP) is 0.487. The number of nitrogens with zero attached hydrogens (tertiary/aromatic N) is 1. The molecule has 0 aromatic carbocycles. The van der Waals surface area contributed by atoms with Gasteiger partial charge in [0, 0.05) is 12.3 Å². The normalized spacial score (nSPS) is 9.50. The number of methoxy groups -OCH3 is 1. The van der Waals surface area contributed by atoms with E-state index in [0.717, 1.165) is 12.3 Å². The maximum Gasteiger partial charge on any atom is 0.338 e. The number of rotatable bonds is 3. The molecule has 0 aliphatic carbocycles. The molecule has 14 heavy (non-hydrogen) atoms. The number of pyridine rings is 1. The average molecular weight is 197 g/mol. The molecule has 0 aliphatic rings. The second-order valence-corrected chi connectivity index (χ2v) is 2.38. The zero-order valence-electron chi connectivity index (χ0n) is 7.22. The summed E-state index contributed by atoms with van der Waals surface area (Å²) in [6, 6.07) is 1.06. The van der Waals surface area contributed by atoms with Gasteiger partial charge in [0.2, 0.25) is 5.88 Å². The molecule has 0 unspecified atom stereocenters. The van der Waals surface area contributed by atoms with E-state index in [1.807, 2.05) is 0 Å². The largest absolute Gasteiger partial charge is 0.481 e. The van der Waals surface area contributed by atoms with Crippen LogP contribution in [0.2, 0.25) is 0 Å². The van der Waals surface area contributed by atoms with E-state index < -0.39 is 11.9 Å². The van der Waals surface area contributed by atoms with Gasteiger partial charge in [0.1, 0.15) is 0 Å². The zero-order valence-corrected chi connectivity index (χ0v) is 7.22. The van der Waals surface area contributed by atoms with Gasteiger partial charge in [-0.3, -0.25) is 0 Å². The Kier molecular flexibility index (Phi) is 2.66. The van der Waals surface area contributed by atoms with E-state index in [1.165, 1.54) is 7.11 Å². The molecular formula is C8H7NO5. The van der Waals surface area contributed by atoms with Crippen molar-refractivity contribution in [3.8, 4) is 5.88 Å². The zero-order chi connectivity index (χ0) is 10.7. The summed E-state index contributed by atoms with van der Waals surface area (Å²) in [7, 11) is 1.31. The van der Waals surface area contributed by atoms with Crippen LogP contribution in [0.3, 0.4) is 0 Å². The monoisotopic (exact) mass is 197 g/mol. The second kappa shape index (κ2) is 3.73. The SMILES string of the molecule is COc1cc(C(=O)O)c(C(=O)O)cn1. The van der Waals surface area contributed by atoms with Gasteiger partial charge in [-0.2, -0.15) is 0 Å². The maximum atomic E-state index is 10.6. The van der Waals surface area contributed by atoms with E-state index in [-0.39, 0.29) is 17.0 Å². The number of carboxylic acid groups (broad SMARTS) is 2. The van der Waals surface area contributed by atoms with Gasteiger partial charge in [-0.05, 0) is 0 Å². The van der Waals surface area contributed by atoms with Crippen molar-refractivity contribution in [1.82, 2.24) is 4.98 Å². The third-order valence-corrected chi connectivity index (χ3v) is 1.55. The molecule has 0 amide bonds. The molecule has 0 aliphatic heterocycles. The number of aromatic nitrogens is 1. The molecule has 0 atom stereocenters. The molecule has 6 nitrogen and oxygen atoms in total. The third-order valence-electron chi connectivity index (χ3n) is 1.55. The topological polar surface area (TPSA) is 96.7 Å². The van der Waals surface area contributed by atoms with E-state index in [4.69, 9.17) is 10.2 Å². The Morgan fingerprint density at radius 2 is 1.86 bits per heavy atom. The lowest BCUT2D eigenvalue weighted by Crippen LogP contribution is -2.09. The molecule has 1 rings (SSSR count). The fourth-order valence-corrected chi connectivity index (χ4v) is 0.895. The quantitative estimate of drug-likeness (QED) is 0.731. The summed E-state index contributed by atoms with van der Waals surface area (Å²) in [6.07, 6.45) is 0.949. The first-order chi connectivity index (χ1) is 6.56. The van der Waals surface area contributed by atoms with Gasteiger partial charge in [-0.15, -0.1) is 0 Å². The molecule has 6 heteroatoms. The molecule has 0 bridgehead atoms. The number of hydrogen-bond donors (Lipinski definition) is 2. The molecule has 0 fully saturated rings. The van der Waals surface area contributed by atoms with Crippen molar-refractivity contribution in [2.45, 2.75) is 0 Å². The van der Waals surface area contributed by atoms with Crippen LogP contribution in [-0.2, 0) is 0 Å². The number of ether oxygens (including phenoxy) is 1. The van der Waals surface area contributed by atoms with Gasteiger partial charge in [0.15, 0.2) is 0 Å². The highest BCUT2D eigenvalue weighted by Gasteiger charge is 2.17. The number of hydrogen-bond acceptors (Lipinski definition) is 4. The Morgan fingerprint density at radius 1 is 1.29 bits per heavy atom. The molecule has 0 saturated heterocycles. The summed E-state index contributed by atoms with van der Waals surface area (Å²) >= 11 is 0. The molecule has 1 aromatic heterocycles. The number of carbonyl (C=O) groups is 2. The summed E-state index contributed by atoms with van der Waals surface area (Å²) in [6.45, 7) is 0. The van der Waals surface area contributed by atoms with Crippen molar-refractivity contribution < 1.29 is 24.5 Å². The Hall–Kier alpha value is -2.11. The molecule has 0 radical (unpaired) electrons. The van der Waals surface area contributed by atoms with Crippen molar-refractivity contribution in [2.24, 2.45) is 0 Å². The van der Waals surface area contributed by atoms with Crippen molar-refractivity contribution in [3.63, 3.8) is 0 Å². The number of aromatic carboxylic acids is 2. The van der Waals surface area contributed by atoms with Crippen molar-refractivity contribution >= 4 is 11.9 Å². The first kappa shape index (κ1) is 9.97. The molecule has 0 saturated carbocycles. The van der Waals surface area contributed by atoms with E-state index in [0.29, 0.717) is 0 Å². The smallest absolute Gasteiger partial charge is 0.338 e. The van der Waals surface area contributed by atoms with Crippen LogP contribution in [0.15, 0.2) is 12.3 Å². The lowest BCUT2D eigenvalue weighted by atomic mass is 10.1. The molecule has 2 N–H and O–H groups in total. The van der Waals surface area contributed by atoms with Crippen molar-refractivity contribution in [2.75, 3.05) is 7.11 Å². The Labute approximate surface area is 78.8 Å². The molecule has 1 heterocycles. The number of carboxylic acids is 2. The lowest BCUT2D eigenvalue weighted by molar-refractivity contribution is 0.0650. The van der Waals surface area contributed by atoms with E-state index >= 15 is 0 Å². The van der Waals surface area contributed by atoms with E-state index in [9.17, 15) is 9.59 Å². The van der Waals surface area contributed by atoms with E-state index in [2.05, 4.69) is 9.72 Å². The van der Waals surface area contributed by atoms with E-state index in [1.54, 1.807) is 0 Å². The van der Waals surface area contributed by atoms with Crippen molar-refractivity contribution in [1.29, 1.82) is 0 Å². The van der Waals surface area contributed by atoms with Gasteiger partial charge in [-0.25, -0.2) is 14.6 Å². The van der Waals surface area contributed by atoms with Gasteiger partial charge < -0.3 is 14.9 Å². The summed E-state index contributed by atoms with van der Waals surface area (Å²) < 4.78 is 4.67. The van der Waals surface area contributed by atoms with Crippen molar-refractivity contribution in [3.05, 3.63) is 23.4 Å². The minimum Gasteiger partial charge on any atom is -0.481 e. The van der Waals surface area contributed by atoms with Crippen LogP contribution in [0.1, 0.15) is 20.7 Å². The Morgan fingerprint density at radius 3 is 2.29 bits per heavy atom. The molecular weight excluding hydrogens is 190 g/mol. The summed E-state index contributed by atoms with van der Waals surface area (Å²) in [5, 5.41) is 17.3. The highest BCUT2D eigenvalue weighted by atomic mass is 16.5.